The molecule has 0 aromatic rings. The first-order valence-electron chi connectivity index (χ1n) is 7.50. The Balaban J connectivity index is 2.04. The summed E-state index contributed by atoms with van der Waals surface area (Å²) in [5, 5.41) is 0. The Labute approximate surface area is 114 Å². The average Bonchev–Trinajstić information content (AvgIpc) is 2.71. The summed E-state index contributed by atoms with van der Waals surface area (Å²) in [6, 6.07) is 0. The minimum atomic E-state index is -0.369. The fourth-order valence-corrected chi connectivity index (χ4v) is 7.69. The van der Waals surface area contributed by atoms with Crippen LogP contribution in [0.5, 0.6) is 0 Å². The van der Waals surface area contributed by atoms with Crippen molar-refractivity contribution in [1.29, 1.82) is 0 Å². The molecule has 2 rings (SSSR count). The Morgan fingerprint density at radius 1 is 1.11 bits per heavy atom. The second-order valence-electron chi connectivity index (χ2n) is 6.48. The summed E-state index contributed by atoms with van der Waals surface area (Å²) in [7, 11) is 0.0350. The van der Waals surface area contributed by atoms with Crippen LogP contribution in [0.3, 0.4) is 0 Å². The lowest BCUT2D eigenvalue weighted by Crippen LogP contribution is -2.27. The SMILES string of the molecule is CCCCC(C)P1[C@@H](C)[C@H]2OC(C)(C)O[C@@H]2[C@@H]1C. The Morgan fingerprint density at radius 3 is 2.06 bits per heavy atom. The lowest BCUT2D eigenvalue weighted by Gasteiger charge is -2.32. The fraction of sp³-hybridized carbons (Fsp3) is 1.00. The number of unbranched alkanes of at least 4 members (excludes halogenated alkanes) is 1. The van der Waals surface area contributed by atoms with Crippen LogP contribution < -0.4 is 0 Å². The van der Waals surface area contributed by atoms with Crippen LogP contribution in [0, 0.1) is 0 Å². The van der Waals surface area contributed by atoms with E-state index in [0.29, 0.717) is 23.5 Å². The highest BCUT2D eigenvalue weighted by molar-refractivity contribution is 7.60. The van der Waals surface area contributed by atoms with E-state index in [-0.39, 0.29) is 13.7 Å². The molecule has 106 valence electrons. The highest BCUT2D eigenvalue weighted by Gasteiger charge is 2.56. The van der Waals surface area contributed by atoms with Gasteiger partial charge in [-0.25, -0.2) is 0 Å². The van der Waals surface area contributed by atoms with Gasteiger partial charge in [-0.1, -0.05) is 48.5 Å². The molecular formula is C15H29O2P. The third-order valence-electron chi connectivity index (χ3n) is 4.54. The van der Waals surface area contributed by atoms with Crippen LogP contribution in [-0.2, 0) is 9.47 Å². The van der Waals surface area contributed by atoms with Crippen molar-refractivity contribution in [1.82, 2.24) is 0 Å². The first-order valence-corrected chi connectivity index (χ1v) is 9.05. The van der Waals surface area contributed by atoms with Crippen molar-refractivity contribution in [2.24, 2.45) is 0 Å². The van der Waals surface area contributed by atoms with E-state index < -0.39 is 0 Å². The van der Waals surface area contributed by atoms with Crippen molar-refractivity contribution in [2.75, 3.05) is 0 Å². The Morgan fingerprint density at radius 2 is 1.61 bits per heavy atom. The molecule has 0 amide bonds. The van der Waals surface area contributed by atoms with Gasteiger partial charge >= 0.3 is 0 Å². The van der Waals surface area contributed by atoms with E-state index in [1.54, 1.807) is 0 Å². The molecular weight excluding hydrogens is 243 g/mol. The molecule has 0 saturated carbocycles. The molecule has 1 unspecified atom stereocenters. The second kappa shape index (κ2) is 5.38. The van der Waals surface area contributed by atoms with E-state index in [4.69, 9.17) is 9.47 Å². The van der Waals surface area contributed by atoms with Gasteiger partial charge in [0.05, 0.1) is 12.2 Å². The summed E-state index contributed by atoms with van der Waals surface area (Å²) in [5.41, 5.74) is 2.23. The monoisotopic (exact) mass is 272 g/mol. The van der Waals surface area contributed by atoms with E-state index in [1.165, 1.54) is 19.3 Å². The van der Waals surface area contributed by atoms with E-state index in [2.05, 4.69) is 27.7 Å². The zero-order valence-electron chi connectivity index (χ0n) is 12.8. The van der Waals surface area contributed by atoms with Gasteiger partial charge < -0.3 is 9.47 Å². The molecule has 18 heavy (non-hydrogen) atoms. The topological polar surface area (TPSA) is 18.5 Å². The molecule has 0 bridgehead atoms. The van der Waals surface area contributed by atoms with Crippen molar-refractivity contribution >= 4 is 7.92 Å². The van der Waals surface area contributed by atoms with E-state index >= 15 is 0 Å². The van der Waals surface area contributed by atoms with Gasteiger partial charge in [-0.15, -0.1) is 0 Å². The molecule has 0 aliphatic carbocycles. The summed E-state index contributed by atoms with van der Waals surface area (Å²) >= 11 is 0. The minimum absolute atomic E-state index is 0.0350. The summed E-state index contributed by atoms with van der Waals surface area (Å²) < 4.78 is 12.3. The number of rotatable bonds is 4. The smallest absolute Gasteiger partial charge is 0.163 e. The predicted octanol–water partition coefficient (Wildman–Crippen LogP) is 4.36. The molecule has 2 aliphatic rings. The third kappa shape index (κ3) is 2.62. The maximum atomic E-state index is 6.13. The van der Waals surface area contributed by atoms with Crippen LogP contribution in [0.25, 0.3) is 0 Å². The van der Waals surface area contributed by atoms with Crippen LogP contribution in [0.15, 0.2) is 0 Å². The van der Waals surface area contributed by atoms with E-state index in [0.717, 1.165) is 5.66 Å². The van der Waals surface area contributed by atoms with Crippen LogP contribution in [0.1, 0.15) is 60.8 Å². The van der Waals surface area contributed by atoms with Gasteiger partial charge in [0.1, 0.15) is 0 Å². The van der Waals surface area contributed by atoms with Gasteiger partial charge in [-0.2, -0.15) is 0 Å². The summed E-state index contributed by atoms with van der Waals surface area (Å²) in [4.78, 5) is 0. The molecule has 2 fully saturated rings. The second-order valence-corrected chi connectivity index (χ2v) is 9.89. The number of ether oxygens (including phenoxy) is 2. The first-order chi connectivity index (χ1) is 8.37. The standard InChI is InChI=1S/C15H29O2P/c1-7-8-9-10(2)18-11(3)13-14(12(18)4)17-15(5,6)16-13/h10-14H,7-9H2,1-6H3/t10?,11-,12-,13+,14+/m0/s1. The van der Waals surface area contributed by atoms with Crippen molar-refractivity contribution in [3.8, 4) is 0 Å². The van der Waals surface area contributed by atoms with Crippen LogP contribution in [0.2, 0.25) is 0 Å². The average molecular weight is 272 g/mol. The molecule has 5 atom stereocenters. The molecule has 0 N–H and O–H groups in total. The molecule has 2 heterocycles. The molecule has 0 radical (unpaired) electrons. The van der Waals surface area contributed by atoms with Crippen LogP contribution in [0.4, 0.5) is 0 Å². The lowest BCUT2D eigenvalue weighted by molar-refractivity contribution is -0.147. The Hall–Kier alpha value is 0.350. The molecule has 2 saturated heterocycles. The minimum Gasteiger partial charge on any atom is -0.344 e. The molecule has 0 aromatic carbocycles. The number of hydrogen-bond donors (Lipinski definition) is 0. The summed E-state index contributed by atoms with van der Waals surface area (Å²) in [5.74, 6) is -0.369. The number of hydrogen-bond acceptors (Lipinski definition) is 2. The van der Waals surface area contributed by atoms with E-state index in [1.807, 2.05) is 13.8 Å². The zero-order valence-corrected chi connectivity index (χ0v) is 13.7. The quantitative estimate of drug-likeness (QED) is 0.708. The third-order valence-corrected chi connectivity index (χ3v) is 8.28. The largest absolute Gasteiger partial charge is 0.344 e. The van der Waals surface area contributed by atoms with Crippen molar-refractivity contribution < 1.29 is 9.47 Å². The molecule has 2 aliphatic heterocycles. The maximum absolute atomic E-state index is 6.13. The molecule has 3 heteroatoms. The zero-order chi connectivity index (χ0) is 13.5. The van der Waals surface area contributed by atoms with Gasteiger partial charge in [0.15, 0.2) is 5.79 Å². The molecule has 0 aromatic heterocycles. The van der Waals surface area contributed by atoms with Gasteiger partial charge in [0.25, 0.3) is 0 Å². The Kier molecular flexibility index (Phi) is 4.41. The van der Waals surface area contributed by atoms with Gasteiger partial charge in [0.2, 0.25) is 0 Å². The highest BCUT2D eigenvalue weighted by atomic mass is 31.1. The summed E-state index contributed by atoms with van der Waals surface area (Å²) in [6.45, 7) is 13.6. The molecule has 0 spiro atoms. The highest BCUT2D eigenvalue weighted by Crippen LogP contribution is 2.63. The van der Waals surface area contributed by atoms with Crippen molar-refractivity contribution in [3.63, 3.8) is 0 Å². The van der Waals surface area contributed by atoms with Crippen molar-refractivity contribution in [3.05, 3.63) is 0 Å². The van der Waals surface area contributed by atoms with Gasteiger partial charge in [0, 0.05) is 11.3 Å². The number of fused-ring (bicyclic) bond motifs is 1. The predicted molar refractivity (Wildman–Crippen MR) is 78.7 cm³/mol. The summed E-state index contributed by atoms with van der Waals surface area (Å²) in [6.07, 6.45) is 4.72. The lowest BCUT2D eigenvalue weighted by atomic mass is 10.1. The van der Waals surface area contributed by atoms with Crippen LogP contribution in [-0.4, -0.2) is 35.0 Å². The van der Waals surface area contributed by atoms with Gasteiger partial charge in [-0.05, 0) is 25.9 Å². The maximum Gasteiger partial charge on any atom is 0.163 e. The Bertz CT molecular complexity index is 272. The normalized spacial score (nSPS) is 44.0. The van der Waals surface area contributed by atoms with E-state index in [9.17, 15) is 0 Å². The fourth-order valence-electron chi connectivity index (χ4n) is 3.72. The first kappa shape index (κ1) is 14.8. The van der Waals surface area contributed by atoms with Crippen molar-refractivity contribution in [2.45, 2.75) is 95.8 Å². The van der Waals surface area contributed by atoms with Crippen LogP contribution >= 0.6 is 7.92 Å². The van der Waals surface area contributed by atoms with Gasteiger partial charge in [-0.3, -0.25) is 0 Å². The molecule has 2 nitrogen and oxygen atoms in total.